The molecule has 1 aromatic rings. The molecular formula is C17H31O5P. The number of aliphatic hydroxyl groups excluding tert-OH is 2. The van der Waals surface area contributed by atoms with Crippen molar-refractivity contribution in [2.24, 2.45) is 0 Å². The normalized spacial score (nSPS) is 13.6. The Hall–Kier alpha value is -0.550. The number of aryl methyl sites for hydroxylation is 1. The predicted molar refractivity (Wildman–Crippen MR) is 94.2 cm³/mol. The highest BCUT2D eigenvalue weighted by Gasteiger charge is 2.29. The Balaban J connectivity index is 0.00000108. The smallest absolute Gasteiger partial charge is 0.324 e. The Bertz CT molecular complexity index is 463. The molecule has 5 nitrogen and oxygen atoms in total. The van der Waals surface area contributed by atoms with Gasteiger partial charge in [-0.3, -0.25) is 0 Å². The van der Waals surface area contributed by atoms with Crippen LogP contribution in [0.3, 0.4) is 0 Å². The van der Waals surface area contributed by atoms with E-state index in [4.69, 9.17) is 14.7 Å². The van der Waals surface area contributed by atoms with Crippen molar-refractivity contribution in [3.63, 3.8) is 0 Å². The summed E-state index contributed by atoms with van der Waals surface area (Å²) < 4.78 is 0. The van der Waals surface area contributed by atoms with Crippen molar-refractivity contribution in [3.8, 4) is 0 Å². The molecule has 1 atom stereocenters. The summed E-state index contributed by atoms with van der Waals surface area (Å²) in [6.45, 7) is 14.7. The van der Waals surface area contributed by atoms with E-state index in [0.29, 0.717) is 0 Å². The van der Waals surface area contributed by atoms with Gasteiger partial charge in [0.1, 0.15) is 6.10 Å². The van der Waals surface area contributed by atoms with Crippen molar-refractivity contribution in [2.45, 2.75) is 65.4 Å². The minimum Gasteiger partial charge on any atom is -0.393 e. The quantitative estimate of drug-likeness (QED) is 0.530. The van der Waals surface area contributed by atoms with Gasteiger partial charge in [0.2, 0.25) is 0 Å². The third kappa shape index (κ3) is 7.25. The number of hydrogen-bond donors (Lipinski definition) is 5. The Morgan fingerprint density at radius 3 is 1.43 bits per heavy atom. The molecule has 0 saturated heterocycles. The summed E-state index contributed by atoms with van der Waals surface area (Å²) in [5.41, 5.74) is 4.23. The first-order valence-electron chi connectivity index (χ1n) is 7.53. The monoisotopic (exact) mass is 346 g/mol. The lowest BCUT2D eigenvalue weighted by atomic mass is 9.74. The molecule has 5 N–H and O–H groups in total. The topological polar surface area (TPSA) is 101 Å². The van der Waals surface area contributed by atoms with Gasteiger partial charge in [0.05, 0.1) is 6.61 Å². The van der Waals surface area contributed by atoms with E-state index in [2.05, 4.69) is 60.6 Å². The first-order valence-corrected chi connectivity index (χ1v) is 8.73. The Morgan fingerprint density at radius 2 is 1.22 bits per heavy atom. The second kappa shape index (κ2) is 8.52. The molecule has 0 aliphatic rings. The summed E-state index contributed by atoms with van der Waals surface area (Å²) in [5.74, 6) is 0. The van der Waals surface area contributed by atoms with Crippen molar-refractivity contribution >= 4 is 8.60 Å². The average Bonchev–Trinajstić information content (AvgIpc) is 2.34. The van der Waals surface area contributed by atoms with Gasteiger partial charge in [-0.1, -0.05) is 59.2 Å². The molecule has 0 bridgehead atoms. The van der Waals surface area contributed by atoms with Crippen molar-refractivity contribution in [1.29, 1.82) is 0 Å². The van der Waals surface area contributed by atoms with Crippen LogP contribution < -0.4 is 0 Å². The summed E-state index contributed by atoms with van der Waals surface area (Å²) in [7, 11) is -2.62. The Morgan fingerprint density at radius 1 is 0.913 bits per heavy atom. The van der Waals surface area contributed by atoms with E-state index in [-0.39, 0.29) is 17.4 Å². The first kappa shape index (κ1) is 22.4. The summed E-state index contributed by atoms with van der Waals surface area (Å²) >= 11 is 0. The minimum absolute atomic E-state index is 0.0580. The van der Waals surface area contributed by atoms with E-state index in [1.807, 2.05) is 0 Å². The van der Waals surface area contributed by atoms with Gasteiger partial charge in [0.15, 0.2) is 0 Å². The van der Waals surface area contributed by atoms with Gasteiger partial charge < -0.3 is 24.9 Å². The maximum absolute atomic E-state index is 10.3. The fraction of sp³-hybridized carbons (Fsp3) is 0.647. The van der Waals surface area contributed by atoms with Crippen LogP contribution in [0.25, 0.3) is 0 Å². The maximum Gasteiger partial charge on any atom is 0.324 e. The second-order valence-corrected chi connectivity index (χ2v) is 8.28. The molecule has 0 spiro atoms. The zero-order chi connectivity index (χ0) is 18.6. The number of aliphatic hydroxyl groups is 2. The lowest BCUT2D eigenvalue weighted by Crippen LogP contribution is -2.24. The third-order valence-corrected chi connectivity index (χ3v) is 3.45. The van der Waals surface area contributed by atoms with Crippen LogP contribution in [-0.4, -0.2) is 31.5 Å². The molecule has 134 valence electrons. The summed E-state index contributed by atoms with van der Waals surface area (Å²) in [6, 6.07) is 4.26. The molecule has 1 unspecified atom stereocenters. The van der Waals surface area contributed by atoms with E-state index in [1.54, 1.807) is 0 Å². The van der Waals surface area contributed by atoms with Crippen LogP contribution in [0.5, 0.6) is 0 Å². The third-order valence-electron chi connectivity index (χ3n) is 3.45. The maximum atomic E-state index is 10.3. The second-order valence-electron chi connectivity index (χ2n) is 7.74. The van der Waals surface area contributed by atoms with Gasteiger partial charge in [0.25, 0.3) is 0 Å². The Kier molecular flexibility index (Phi) is 8.32. The van der Waals surface area contributed by atoms with Crippen LogP contribution >= 0.6 is 8.60 Å². The van der Waals surface area contributed by atoms with E-state index in [1.165, 1.54) is 5.56 Å². The number of rotatable bonds is 2. The van der Waals surface area contributed by atoms with Gasteiger partial charge in [0, 0.05) is 0 Å². The van der Waals surface area contributed by atoms with Gasteiger partial charge in [-0.2, -0.15) is 0 Å². The first-order chi connectivity index (χ1) is 10.2. The van der Waals surface area contributed by atoms with E-state index in [9.17, 15) is 10.2 Å². The molecule has 0 aliphatic heterocycles. The van der Waals surface area contributed by atoms with Crippen molar-refractivity contribution in [3.05, 3.63) is 34.4 Å². The van der Waals surface area contributed by atoms with Gasteiger partial charge in [-0.15, -0.1) is 0 Å². The molecule has 1 aromatic carbocycles. The fourth-order valence-corrected chi connectivity index (χ4v) is 2.49. The molecule has 1 rings (SSSR count). The van der Waals surface area contributed by atoms with Crippen molar-refractivity contribution in [1.82, 2.24) is 0 Å². The zero-order valence-corrected chi connectivity index (χ0v) is 16.0. The standard InChI is InChI=1S/C17H28O2.H3O3P/c1-11-8-12(16(2,3)4)15(14(19)10-18)13(9-11)17(5,6)7;1-4(2)3/h8-9,14,18-19H,10H2,1-7H3;1-3H. The number of hydrogen-bond acceptors (Lipinski definition) is 5. The van der Waals surface area contributed by atoms with Crippen LogP contribution in [-0.2, 0) is 10.8 Å². The average molecular weight is 346 g/mol. The molecule has 0 saturated carbocycles. The van der Waals surface area contributed by atoms with Crippen molar-refractivity contribution < 1.29 is 24.9 Å². The SMILES string of the molecule is Cc1cc(C(C)(C)C)c(C(O)CO)c(C(C)(C)C)c1.OP(O)O. The molecule has 0 aromatic heterocycles. The zero-order valence-electron chi connectivity index (χ0n) is 15.1. The van der Waals surface area contributed by atoms with Gasteiger partial charge in [-0.25, -0.2) is 0 Å². The van der Waals surface area contributed by atoms with Gasteiger partial charge in [-0.05, 0) is 34.4 Å². The summed E-state index contributed by atoms with van der Waals surface area (Å²) in [4.78, 5) is 21.7. The van der Waals surface area contributed by atoms with Crippen LogP contribution in [0.2, 0.25) is 0 Å². The molecule has 0 amide bonds. The molecule has 0 fully saturated rings. The molecule has 0 aliphatic carbocycles. The van der Waals surface area contributed by atoms with Gasteiger partial charge >= 0.3 is 8.60 Å². The van der Waals surface area contributed by atoms with Crippen molar-refractivity contribution in [2.75, 3.05) is 6.61 Å². The lowest BCUT2D eigenvalue weighted by molar-refractivity contribution is 0.0926. The summed E-state index contributed by atoms with van der Waals surface area (Å²) in [5, 5.41) is 19.6. The minimum atomic E-state index is -2.62. The lowest BCUT2D eigenvalue weighted by Gasteiger charge is -2.32. The molecule has 23 heavy (non-hydrogen) atoms. The molecular weight excluding hydrogens is 315 g/mol. The van der Waals surface area contributed by atoms with Crippen LogP contribution in [0.4, 0.5) is 0 Å². The summed E-state index contributed by atoms with van der Waals surface area (Å²) in [6.07, 6.45) is -0.816. The van der Waals surface area contributed by atoms with E-state index < -0.39 is 14.7 Å². The molecule has 6 heteroatoms. The highest BCUT2D eigenvalue weighted by Crippen LogP contribution is 2.38. The number of benzene rings is 1. The van der Waals surface area contributed by atoms with E-state index in [0.717, 1.165) is 16.7 Å². The predicted octanol–water partition coefficient (Wildman–Crippen LogP) is 2.81. The fourth-order valence-electron chi connectivity index (χ4n) is 2.49. The highest BCUT2D eigenvalue weighted by molar-refractivity contribution is 7.38. The Labute approximate surface area is 140 Å². The molecule has 0 radical (unpaired) electrons. The van der Waals surface area contributed by atoms with Crippen LogP contribution in [0.15, 0.2) is 12.1 Å². The van der Waals surface area contributed by atoms with Crippen LogP contribution in [0, 0.1) is 6.92 Å². The van der Waals surface area contributed by atoms with Crippen LogP contribution in [0.1, 0.15) is 69.9 Å². The molecule has 0 heterocycles. The largest absolute Gasteiger partial charge is 0.393 e. The highest BCUT2D eigenvalue weighted by atomic mass is 31.2. The van der Waals surface area contributed by atoms with E-state index >= 15 is 0 Å².